The average Bonchev–Trinajstić information content (AvgIpc) is 2.60. The molecule has 0 heterocycles. The Morgan fingerprint density at radius 2 is 1.75 bits per heavy atom. The van der Waals surface area contributed by atoms with Crippen molar-refractivity contribution >= 4 is 11.9 Å². The number of carbonyl (C=O) groups excluding carboxylic acids is 1. The van der Waals surface area contributed by atoms with Crippen LogP contribution in [0.2, 0.25) is 0 Å². The van der Waals surface area contributed by atoms with Crippen molar-refractivity contribution in [3.63, 3.8) is 0 Å². The number of rotatable bonds is 9. The van der Waals surface area contributed by atoms with E-state index in [0.29, 0.717) is 19.6 Å². The van der Waals surface area contributed by atoms with E-state index in [-0.39, 0.29) is 24.6 Å². The number of hydrogen-bond donors (Lipinski definition) is 3. The van der Waals surface area contributed by atoms with Gasteiger partial charge in [-0.25, -0.2) is 0 Å². The zero-order chi connectivity index (χ0) is 17.2. The van der Waals surface area contributed by atoms with Crippen LogP contribution in [0.25, 0.3) is 0 Å². The molecule has 1 aromatic rings. The molecule has 24 heavy (non-hydrogen) atoms. The molecule has 1 aliphatic carbocycles. The SMILES string of the molecule is O=C(O)CNC1CCCCC1NCCC(=O)OCc1ccccc1. The molecular formula is C18H26N2O4. The van der Waals surface area contributed by atoms with Gasteiger partial charge in [0.05, 0.1) is 13.0 Å². The Morgan fingerprint density at radius 3 is 2.42 bits per heavy atom. The summed E-state index contributed by atoms with van der Waals surface area (Å²) in [7, 11) is 0. The van der Waals surface area contributed by atoms with Crippen LogP contribution in [-0.4, -0.2) is 42.2 Å². The zero-order valence-electron chi connectivity index (χ0n) is 13.9. The molecule has 1 fully saturated rings. The summed E-state index contributed by atoms with van der Waals surface area (Å²) in [4.78, 5) is 22.5. The van der Waals surface area contributed by atoms with Crippen molar-refractivity contribution in [3.05, 3.63) is 35.9 Å². The van der Waals surface area contributed by atoms with E-state index in [1.807, 2.05) is 30.3 Å². The van der Waals surface area contributed by atoms with Gasteiger partial charge >= 0.3 is 11.9 Å². The molecule has 0 aliphatic heterocycles. The van der Waals surface area contributed by atoms with E-state index in [1.54, 1.807) is 0 Å². The van der Waals surface area contributed by atoms with Crippen LogP contribution in [-0.2, 0) is 20.9 Å². The smallest absolute Gasteiger partial charge is 0.317 e. The highest BCUT2D eigenvalue weighted by Crippen LogP contribution is 2.18. The van der Waals surface area contributed by atoms with E-state index in [1.165, 1.54) is 0 Å². The van der Waals surface area contributed by atoms with Crippen LogP contribution in [0.15, 0.2) is 30.3 Å². The van der Waals surface area contributed by atoms with Gasteiger partial charge in [0, 0.05) is 18.6 Å². The van der Waals surface area contributed by atoms with Gasteiger partial charge < -0.3 is 20.5 Å². The number of esters is 1. The standard InChI is InChI=1S/C18H26N2O4/c21-17(22)12-20-16-9-5-4-8-15(16)19-11-10-18(23)24-13-14-6-2-1-3-7-14/h1-3,6-7,15-16,19-20H,4-5,8-13H2,(H,21,22). The van der Waals surface area contributed by atoms with Crippen molar-refractivity contribution < 1.29 is 19.4 Å². The van der Waals surface area contributed by atoms with Gasteiger partial charge in [-0.1, -0.05) is 43.2 Å². The van der Waals surface area contributed by atoms with Crippen molar-refractivity contribution in [3.8, 4) is 0 Å². The normalized spacial score (nSPS) is 20.5. The summed E-state index contributed by atoms with van der Waals surface area (Å²) >= 11 is 0. The minimum absolute atomic E-state index is 0.0258. The second-order valence-electron chi connectivity index (χ2n) is 6.12. The maximum absolute atomic E-state index is 11.8. The number of carboxylic acid groups (broad SMARTS) is 1. The molecule has 2 rings (SSSR count). The topological polar surface area (TPSA) is 87.7 Å². The monoisotopic (exact) mass is 334 g/mol. The van der Waals surface area contributed by atoms with Crippen molar-refractivity contribution in [2.75, 3.05) is 13.1 Å². The largest absolute Gasteiger partial charge is 0.480 e. The van der Waals surface area contributed by atoms with Crippen LogP contribution in [0, 0.1) is 0 Å². The summed E-state index contributed by atoms with van der Waals surface area (Å²) in [5, 5.41) is 15.2. The Kier molecular flexibility index (Phi) is 7.71. The summed E-state index contributed by atoms with van der Waals surface area (Å²) in [6, 6.07) is 9.96. The average molecular weight is 334 g/mol. The van der Waals surface area contributed by atoms with Crippen LogP contribution in [0.5, 0.6) is 0 Å². The number of carbonyl (C=O) groups is 2. The first-order valence-electron chi connectivity index (χ1n) is 8.53. The summed E-state index contributed by atoms with van der Waals surface area (Å²) in [5.74, 6) is -1.07. The maximum Gasteiger partial charge on any atom is 0.317 e. The van der Waals surface area contributed by atoms with Gasteiger partial charge in [-0.05, 0) is 18.4 Å². The van der Waals surface area contributed by atoms with Crippen LogP contribution in [0.4, 0.5) is 0 Å². The Bertz CT molecular complexity index is 521. The minimum Gasteiger partial charge on any atom is -0.480 e. The molecule has 0 radical (unpaired) electrons. The maximum atomic E-state index is 11.8. The Hall–Kier alpha value is -1.92. The number of ether oxygens (including phenoxy) is 1. The third-order valence-electron chi connectivity index (χ3n) is 4.26. The number of hydrogen-bond acceptors (Lipinski definition) is 5. The van der Waals surface area contributed by atoms with Gasteiger partial charge in [0.1, 0.15) is 6.61 Å². The van der Waals surface area contributed by atoms with Crippen molar-refractivity contribution in [2.24, 2.45) is 0 Å². The summed E-state index contributed by atoms with van der Waals surface area (Å²) in [6.07, 6.45) is 4.50. The molecule has 2 unspecified atom stereocenters. The Morgan fingerprint density at radius 1 is 1.08 bits per heavy atom. The number of benzene rings is 1. The molecule has 132 valence electrons. The predicted molar refractivity (Wildman–Crippen MR) is 90.5 cm³/mol. The molecule has 1 aliphatic rings. The molecule has 0 spiro atoms. The Balaban J connectivity index is 1.65. The number of nitrogens with one attached hydrogen (secondary N) is 2. The van der Waals surface area contributed by atoms with Crippen molar-refractivity contribution in [2.45, 2.75) is 50.8 Å². The fourth-order valence-corrected chi connectivity index (χ4v) is 3.01. The molecule has 1 saturated carbocycles. The van der Waals surface area contributed by atoms with Crippen LogP contribution >= 0.6 is 0 Å². The molecule has 2 atom stereocenters. The summed E-state index contributed by atoms with van der Waals surface area (Å²) in [6.45, 7) is 0.817. The van der Waals surface area contributed by atoms with Crippen LogP contribution in [0.3, 0.4) is 0 Å². The first-order valence-corrected chi connectivity index (χ1v) is 8.53. The molecule has 0 saturated heterocycles. The van der Waals surface area contributed by atoms with Gasteiger partial charge in [-0.3, -0.25) is 9.59 Å². The molecule has 3 N–H and O–H groups in total. The second-order valence-corrected chi connectivity index (χ2v) is 6.12. The lowest BCUT2D eigenvalue weighted by Crippen LogP contribution is -2.51. The molecule has 1 aromatic carbocycles. The van der Waals surface area contributed by atoms with E-state index < -0.39 is 5.97 Å². The van der Waals surface area contributed by atoms with Gasteiger partial charge in [-0.15, -0.1) is 0 Å². The highest BCUT2D eigenvalue weighted by Gasteiger charge is 2.24. The molecule has 6 heteroatoms. The fourth-order valence-electron chi connectivity index (χ4n) is 3.01. The summed E-state index contributed by atoms with van der Waals surface area (Å²) in [5.41, 5.74) is 0.976. The molecule has 0 aromatic heterocycles. The minimum atomic E-state index is -0.844. The first kappa shape index (κ1) is 18.4. The van der Waals surface area contributed by atoms with E-state index in [0.717, 1.165) is 31.2 Å². The zero-order valence-corrected chi connectivity index (χ0v) is 13.9. The summed E-state index contributed by atoms with van der Waals surface area (Å²) < 4.78 is 5.25. The molecule has 0 amide bonds. The number of carboxylic acids is 1. The highest BCUT2D eigenvalue weighted by molar-refractivity contribution is 5.69. The van der Waals surface area contributed by atoms with Crippen LogP contribution < -0.4 is 10.6 Å². The quantitative estimate of drug-likeness (QED) is 0.596. The third kappa shape index (κ3) is 6.68. The third-order valence-corrected chi connectivity index (χ3v) is 4.26. The van der Waals surface area contributed by atoms with Crippen LogP contribution in [0.1, 0.15) is 37.7 Å². The lowest BCUT2D eigenvalue weighted by Gasteiger charge is -2.32. The van der Waals surface area contributed by atoms with Gasteiger partial charge in [0.15, 0.2) is 0 Å². The van der Waals surface area contributed by atoms with E-state index in [2.05, 4.69) is 10.6 Å². The second kappa shape index (κ2) is 10.1. The van der Waals surface area contributed by atoms with Crippen molar-refractivity contribution in [1.82, 2.24) is 10.6 Å². The van der Waals surface area contributed by atoms with Gasteiger partial charge in [0.25, 0.3) is 0 Å². The lowest BCUT2D eigenvalue weighted by molar-refractivity contribution is -0.144. The van der Waals surface area contributed by atoms with E-state index in [4.69, 9.17) is 9.84 Å². The fraction of sp³-hybridized carbons (Fsp3) is 0.556. The lowest BCUT2D eigenvalue weighted by atomic mass is 9.90. The van der Waals surface area contributed by atoms with Gasteiger partial charge in [-0.2, -0.15) is 0 Å². The Labute approximate surface area is 142 Å². The predicted octanol–water partition coefficient (Wildman–Crippen LogP) is 1.69. The highest BCUT2D eigenvalue weighted by atomic mass is 16.5. The number of aliphatic carboxylic acids is 1. The van der Waals surface area contributed by atoms with Gasteiger partial charge in [0.2, 0.25) is 0 Å². The molecule has 6 nitrogen and oxygen atoms in total. The first-order chi connectivity index (χ1) is 11.6. The van der Waals surface area contributed by atoms with E-state index in [9.17, 15) is 9.59 Å². The molecule has 0 bridgehead atoms. The van der Waals surface area contributed by atoms with E-state index >= 15 is 0 Å². The van der Waals surface area contributed by atoms with Crippen molar-refractivity contribution in [1.29, 1.82) is 0 Å². The molecular weight excluding hydrogens is 308 g/mol.